The van der Waals surface area contributed by atoms with E-state index in [1.54, 1.807) is 26.0 Å². The quantitative estimate of drug-likeness (QED) is 0.599. The van der Waals surface area contributed by atoms with Crippen molar-refractivity contribution in [3.05, 3.63) is 17.9 Å². The fraction of sp³-hybridized carbons (Fsp3) is 0.636. The summed E-state index contributed by atoms with van der Waals surface area (Å²) in [5.41, 5.74) is -0.485. The van der Waals surface area contributed by atoms with E-state index in [1.165, 1.54) is 6.92 Å². The third-order valence-corrected chi connectivity index (χ3v) is 5.91. The van der Waals surface area contributed by atoms with Crippen molar-refractivity contribution in [2.45, 2.75) is 77.2 Å². The maximum Gasteiger partial charge on any atom is 0.274 e. The summed E-state index contributed by atoms with van der Waals surface area (Å²) in [6, 6.07) is 3.30. The average Bonchev–Trinajstić information content (AvgIpc) is 3.11. The van der Waals surface area contributed by atoms with Gasteiger partial charge in [-0.05, 0) is 58.6 Å². The standard InChI is InChI=1S/C22H31FN2O5S/c1-13(24-14(2)26)11-28-15-5-7-16(8-6-15)30-18-10-9-17-20(19(18)23)31-21(25-17)29-12-22(3,4)27/h9-10,13,15-16,27H,5-8,11-12H2,1-4H3,(H,24,26)/t13-,15?,16?/m0/s1. The van der Waals surface area contributed by atoms with Crippen LogP contribution in [0, 0.1) is 5.82 Å². The number of benzene rings is 1. The van der Waals surface area contributed by atoms with E-state index in [-0.39, 0.29) is 36.5 Å². The van der Waals surface area contributed by atoms with Gasteiger partial charge in [0, 0.05) is 13.0 Å². The Morgan fingerprint density at radius 3 is 2.65 bits per heavy atom. The number of amides is 1. The lowest BCUT2D eigenvalue weighted by Crippen LogP contribution is -2.36. The van der Waals surface area contributed by atoms with E-state index in [0.29, 0.717) is 22.0 Å². The Bertz CT molecular complexity index is 890. The number of carbonyl (C=O) groups excluding carboxylic acids is 1. The minimum absolute atomic E-state index is 0.0241. The molecule has 3 rings (SSSR count). The molecule has 0 radical (unpaired) electrons. The second-order valence-electron chi connectivity index (χ2n) is 8.76. The second-order valence-corrected chi connectivity index (χ2v) is 9.72. The zero-order valence-electron chi connectivity index (χ0n) is 18.4. The van der Waals surface area contributed by atoms with Gasteiger partial charge in [-0.25, -0.2) is 9.37 Å². The lowest BCUT2D eigenvalue weighted by molar-refractivity contribution is -0.120. The molecule has 0 bridgehead atoms. The number of carbonyl (C=O) groups is 1. The van der Waals surface area contributed by atoms with Crippen LogP contribution in [0.15, 0.2) is 12.1 Å². The van der Waals surface area contributed by atoms with Gasteiger partial charge in [-0.3, -0.25) is 4.79 Å². The van der Waals surface area contributed by atoms with Gasteiger partial charge in [0.1, 0.15) is 6.61 Å². The van der Waals surface area contributed by atoms with E-state index < -0.39 is 11.4 Å². The first-order chi connectivity index (χ1) is 14.6. The third-order valence-electron chi connectivity index (χ3n) is 4.94. The number of hydrogen-bond acceptors (Lipinski definition) is 7. The minimum Gasteiger partial charge on any atom is -0.487 e. The summed E-state index contributed by atoms with van der Waals surface area (Å²) in [4.78, 5) is 15.3. The molecule has 31 heavy (non-hydrogen) atoms. The number of rotatable bonds is 9. The van der Waals surface area contributed by atoms with E-state index in [0.717, 1.165) is 37.0 Å². The molecule has 1 aromatic heterocycles. The number of halogens is 1. The van der Waals surface area contributed by atoms with Gasteiger partial charge in [-0.2, -0.15) is 0 Å². The Hall–Kier alpha value is -1.97. The highest BCUT2D eigenvalue weighted by Crippen LogP contribution is 2.36. The summed E-state index contributed by atoms with van der Waals surface area (Å²) >= 11 is 1.11. The summed E-state index contributed by atoms with van der Waals surface area (Å²) in [6.45, 7) is 7.23. The van der Waals surface area contributed by atoms with Gasteiger partial charge >= 0.3 is 0 Å². The van der Waals surface area contributed by atoms with Gasteiger partial charge in [0.15, 0.2) is 11.6 Å². The number of ether oxygens (including phenoxy) is 3. The van der Waals surface area contributed by atoms with Gasteiger partial charge < -0.3 is 24.6 Å². The fourth-order valence-corrected chi connectivity index (χ4v) is 4.32. The zero-order chi connectivity index (χ0) is 22.6. The molecule has 1 aliphatic carbocycles. The lowest BCUT2D eigenvalue weighted by Gasteiger charge is -2.30. The highest BCUT2D eigenvalue weighted by molar-refractivity contribution is 7.20. The largest absolute Gasteiger partial charge is 0.487 e. The summed E-state index contributed by atoms with van der Waals surface area (Å²) in [5, 5.41) is 12.9. The second kappa shape index (κ2) is 10.1. The van der Waals surface area contributed by atoms with Crippen molar-refractivity contribution >= 4 is 27.5 Å². The van der Waals surface area contributed by atoms with Crippen LogP contribution in [0.2, 0.25) is 0 Å². The fourth-order valence-electron chi connectivity index (χ4n) is 3.48. The van der Waals surface area contributed by atoms with E-state index in [2.05, 4.69) is 10.3 Å². The summed E-state index contributed by atoms with van der Waals surface area (Å²) in [7, 11) is 0. The van der Waals surface area contributed by atoms with E-state index >= 15 is 0 Å². The van der Waals surface area contributed by atoms with Crippen LogP contribution in [0.1, 0.15) is 53.4 Å². The maximum absolute atomic E-state index is 15.0. The smallest absolute Gasteiger partial charge is 0.274 e. The van der Waals surface area contributed by atoms with Gasteiger partial charge in [-0.15, -0.1) is 0 Å². The Labute approximate surface area is 185 Å². The average molecular weight is 455 g/mol. The molecule has 0 aliphatic heterocycles. The van der Waals surface area contributed by atoms with Crippen molar-refractivity contribution in [2.75, 3.05) is 13.2 Å². The highest BCUT2D eigenvalue weighted by Gasteiger charge is 2.25. The van der Waals surface area contributed by atoms with Crippen molar-refractivity contribution in [3.63, 3.8) is 0 Å². The number of aliphatic hydroxyl groups is 1. The Morgan fingerprint density at radius 2 is 2.00 bits per heavy atom. The van der Waals surface area contributed by atoms with Crippen LogP contribution in [-0.2, 0) is 9.53 Å². The van der Waals surface area contributed by atoms with Gasteiger partial charge in [0.2, 0.25) is 5.91 Å². The van der Waals surface area contributed by atoms with Crippen LogP contribution in [0.4, 0.5) is 4.39 Å². The van der Waals surface area contributed by atoms with E-state index in [1.807, 2.05) is 6.92 Å². The molecule has 0 spiro atoms. The molecular weight excluding hydrogens is 423 g/mol. The minimum atomic E-state index is -0.991. The molecule has 9 heteroatoms. The lowest BCUT2D eigenvalue weighted by atomic mass is 9.95. The summed E-state index contributed by atoms with van der Waals surface area (Å²) in [6.07, 6.45) is 3.27. The number of thiazole rings is 1. The molecule has 1 saturated carbocycles. The first kappa shape index (κ1) is 23.7. The number of fused-ring (bicyclic) bond motifs is 1. The molecule has 7 nitrogen and oxygen atoms in total. The summed E-state index contributed by atoms with van der Waals surface area (Å²) in [5.74, 6) is -0.284. The van der Waals surface area contributed by atoms with E-state index in [9.17, 15) is 14.3 Å². The molecule has 2 aromatic rings. The Balaban J connectivity index is 1.53. The van der Waals surface area contributed by atoms with Crippen molar-refractivity contribution < 1.29 is 28.5 Å². The topological polar surface area (TPSA) is 89.9 Å². The predicted molar refractivity (Wildman–Crippen MR) is 117 cm³/mol. The Morgan fingerprint density at radius 1 is 1.32 bits per heavy atom. The predicted octanol–water partition coefficient (Wildman–Crippen LogP) is 3.82. The molecule has 2 N–H and O–H groups in total. The van der Waals surface area contributed by atoms with Crippen LogP contribution in [0.3, 0.4) is 0 Å². The molecule has 0 unspecified atom stereocenters. The first-order valence-electron chi connectivity index (χ1n) is 10.6. The van der Waals surface area contributed by atoms with E-state index in [4.69, 9.17) is 14.2 Å². The van der Waals surface area contributed by atoms with Crippen LogP contribution >= 0.6 is 11.3 Å². The normalized spacial score (nSPS) is 20.5. The molecular formula is C22H31FN2O5S. The molecule has 0 saturated heterocycles. The van der Waals surface area contributed by atoms with Crippen molar-refractivity contribution in [1.29, 1.82) is 0 Å². The zero-order valence-corrected chi connectivity index (χ0v) is 19.3. The van der Waals surface area contributed by atoms with Gasteiger partial charge in [0.25, 0.3) is 5.19 Å². The summed E-state index contributed by atoms with van der Waals surface area (Å²) < 4.78 is 32.7. The highest BCUT2D eigenvalue weighted by atomic mass is 32.1. The number of aromatic nitrogens is 1. The molecule has 1 amide bonds. The van der Waals surface area contributed by atoms with Gasteiger partial charge in [0.05, 0.1) is 34.6 Å². The Kier molecular flexibility index (Phi) is 7.72. The van der Waals surface area contributed by atoms with Crippen LogP contribution < -0.4 is 14.8 Å². The van der Waals surface area contributed by atoms with Crippen molar-refractivity contribution in [3.8, 4) is 10.9 Å². The molecule has 1 fully saturated rings. The maximum atomic E-state index is 15.0. The van der Waals surface area contributed by atoms with Crippen molar-refractivity contribution in [1.82, 2.24) is 10.3 Å². The SMILES string of the molecule is CC(=O)N[C@@H](C)COC1CCC(Oc2ccc3nc(OCC(C)(C)O)sc3c2F)CC1. The molecule has 172 valence electrons. The number of nitrogens with zero attached hydrogens (tertiary/aromatic N) is 1. The first-order valence-corrected chi connectivity index (χ1v) is 11.4. The molecule has 1 aliphatic rings. The van der Waals surface area contributed by atoms with Crippen LogP contribution in [0.5, 0.6) is 10.9 Å². The molecule has 1 heterocycles. The van der Waals surface area contributed by atoms with Crippen LogP contribution in [-0.4, -0.2) is 53.1 Å². The van der Waals surface area contributed by atoms with Crippen LogP contribution in [0.25, 0.3) is 10.2 Å². The molecule has 1 aromatic carbocycles. The van der Waals surface area contributed by atoms with Gasteiger partial charge in [-0.1, -0.05) is 11.3 Å². The van der Waals surface area contributed by atoms with Crippen molar-refractivity contribution in [2.24, 2.45) is 0 Å². The number of hydrogen-bond donors (Lipinski definition) is 2. The third kappa shape index (κ3) is 7.02. The monoisotopic (exact) mass is 454 g/mol. The number of nitrogens with one attached hydrogen (secondary N) is 1. The molecule has 1 atom stereocenters.